The second-order valence-electron chi connectivity index (χ2n) is 3.08. The standard InChI is InChI=1S/C10H13N3O2S/c1-3-4-13-9-7(10(14)15-2)8(12)6(5-11)16-9/h13H,3-4,12H2,1-2H3. The number of nitrogens with one attached hydrogen (secondary N) is 1. The quantitative estimate of drug-likeness (QED) is 0.782. The SMILES string of the molecule is CCCNc1sc(C#N)c(N)c1C(=O)OC. The van der Waals surface area contributed by atoms with Crippen molar-refractivity contribution in [2.75, 3.05) is 24.7 Å². The molecule has 16 heavy (non-hydrogen) atoms. The molecular weight excluding hydrogens is 226 g/mol. The van der Waals surface area contributed by atoms with Crippen LogP contribution >= 0.6 is 11.3 Å². The Morgan fingerprint density at radius 2 is 2.38 bits per heavy atom. The number of nitriles is 1. The number of ether oxygens (including phenoxy) is 1. The van der Waals surface area contributed by atoms with E-state index in [1.165, 1.54) is 18.4 Å². The number of esters is 1. The number of nitrogen functional groups attached to an aromatic ring is 1. The molecule has 0 bridgehead atoms. The molecule has 6 heteroatoms. The van der Waals surface area contributed by atoms with Crippen LogP contribution in [0.3, 0.4) is 0 Å². The molecule has 0 aliphatic rings. The highest BCUT2D eigenvalue weighted by atomic mass is 32.1. The summed E-state index contributed by atoms with van der Waals surface area (Å²) in [5.74, 6) is -0.520. The van der Waals surface area contributed by atoms with Gasteiger partial charge in [0.25, 0.3) is 0 Å². The van der Waals surface area contributed by atoms with Crippen LogP contribution in [-0.2, 0) is 4.74 Å². The van der Waals surface area contributed by atoms with E-state index in [0.717, 1.165) is 13.0 Å². The van der Waals surface area contributed by atoms with Crippen LogP contribution in [0.5, 0.6) is 0 Å². The molecule has 3 N–H and O–H groups in total. The summed E-state index contributed by atoms with van der Waals surface area (Å²) in [5.41, 5.74) is 6.16. The van der Waals surface area contributed by atoms with E-state index in [9.17, 15) is 4.79 Å². The molecule has 0 aromatic carbocycles. The Hall–Kier alpha value is -1.74. The lowest BCUT2D eigenvalue weighted by Crippen LogP contribution is -2.08. The molecule has 0 saturated carbocycles. The zero-order valence-corrected chi connectivity index (χ0v) is 9.98. The van der Waals surface area contributed by atoms with Crippen molar-refractivity contribution in [1.82, 2.24) is 0 Å². The molecule has 0 aliphatic carbocycles. The van der Waals surface area contributed by atoms with Gasteiger partial charge >= 0.3 is 5.97 Å². The summed E-state index contributed by atoms with van der Waals surface area (Å²) in [4.78, 5) is 11.8. The predicted octanol–water partition coefficient (Wildman–Crippen LogP) is 1.81. The number of anilines is 2. The monoisotopic (exact) mass is 239 g/mol. The third-order valence-electron chi connectivity index (χ3n) is 1.97. The normalized spacial score (nSPS) is 9.56. The van der Waals surface area contributed by atoms with Crippen LogP contribution in [0.1, 0.15) is 28.6 Å². The zero-order chi connectivity index (χ0) is 12.1. The van der Waals surface area contributed by atoms with Crippen LogP contribution in [0.25, 0.3) is 0 Å². The van der Waals surface area contributed by atoms with Gasteiger partial charge in [0.15, 0.2) is 0 Å². The highest BCUT2D eigenvalue weighted by Crippen LogP contribution is 2.35. The smallest absolute Gasteiger partial charge is 0.343 e. The Morgan fingerprint density at radius 3 is 2.88 bits per heavy atom. The first-order valence-electron chi connectivity index (χ1n) is 4.80. The molecular formula is C10H13N3O2S. The summed E-state index contributed by atoms with van der Waals surface area (Å²) in [7, 11) is 1.29. The number of carbonyl (C=O) groups is 1. The van der Waals surface area contributed by atoms with E-state index in [1.54, 1.807) is 0 Å². The van der Waals surface area contributed by atoms with Crippen LogP contribution in [-0.4, -0.2) is 19.6 Å². The second kappa shape index (κ2) is 5.37. The van der Waals surface area contributed by atoms with Gasteiger partial charge in [-0.1, -0.05) is 6.92 Å². The Balaban J connectivity index is 3.15. The summed E-state index contributed by atoms with van der Waals surface area (Å²) < 4.78 is 4.63. The minimum atomic E-state index is -0.520. The Morgan fingerprint density at radius 1 is 1.69 bits per heavy atom. The molecule has 0 radical (unpaired) electrons. The molecule has 0 atom stereocenters. The molecule has 0 unspecified atom stereocenters. The number of carbonyl (C=O) groups excluding carboxylic acids is 1. The van der Waals surface area contributed by atoms with Crippen molar-refractivity contribution in [3.63, 3.8) is 0 Å². The highest BCUT2D eigenvalue weighted by Gasteiger charge is 2.22. The first-order valence-corrected chi connectivity index (χ1v) is 5.61. The van der Waals surface area contributed by atoms with Crippen molar-refractivity contribution in [3.05, 3.63) is 10.4 Å². The number of nitrogens with zero attached hydrogens (tertiary/aromatic N) is 1. The van der Waals surface area contributed by atoms with Gasteiger partial charge in [-0.05, 0) is 6.42 Å². The molecule has 0 saturated heterocycles. The minimum Gasteiger partial charge on any atom is -0.465 e. The fraction of sp³-hybridized carbons (Fsp3) is 0.400. The lowest BCUT2D eigenvalue weighted by Gasteiger charge is -2.04. The number of rotatable bonds is 4. The third kappa shape index (κ3) is 2.25. The molecule has 1 aromatic heterocycles. The van der Waals surface area contributed by atoms with E-state index in [1.807, 2.05) is 13.0 Å². The van der Waals surface area contributed by atoms with Crippen molar-refractivity contribution in [3.8, 4) is 6.07 Å². The van der Waals surface area contributed by atoms with E-state index in [2.05, 4.69) is 10.1 Å². The number of methoxy groups -OCH3 is 1. The van der Waals surface area contributed by atoms with Gasteiger partial charge in [-0.25, -0.2) is 4.79 Å². The third-order valence-corrected chi connectivity index (χ3v) is 3.04. The molecule has 1 heterocycles. The first-order chi connectivity index (χ1) is 7.65. The van der Waals surface area contributed by atoms with Crippen LogP contribution < -0.4 is 11.1 Å². The van der Waals surface area contributed by atoms with Gasteiger partial charge in [0, 0.05) is 6.54 Å². The van der Waals surface area contributed by atoms with Gasteiger partial charge in [-0.15, -0.1) is 11.3 Å². The highest BCUT2D eigenvalue weighted by molar-refractivity contribution is 7.17. The maximum Gasteiger partial charge on any atom is 0.343 e. The van der Waals surface area contributed by atoms with E-state index in [0.29, 0.717) is 9.88 Å². The zero-order valence-electron chi connectivity index (χ0n) is 9.16. The molecule has 86 valence electrons. The van der Waals surface area contributed by atoms with Crippen LogP contribution in [0.4, 0.5) is 10.7 Å². The van der Waals surface area contributed by atoms with E-state index >= 15 is 0 Å². The molecule has 1 rings (SSSR count). The second-order valence-corrected chi connectivity index (χ2v) is 4.10. The lowest BCUT2D eigenvalue weighted by atomic mass is 10.2. The number of hydrogen-bond donors (Lipinski definition) is 2. The van der Waals surface area contributed by atoms with Gasteiger partial charge < -0.3 is 15.8 Å². The van der Waals surface area contributed by atoms with Gasteiger partial charge in [0.05, 0.1) is 12.8 Å². The average Bonchev–Trinajstić information content (AvgIpc) is 2.62. The first kappa shape index (κ1) is 12.3. The maximum atomic E-state index is 11.5. The maximum absolute atomic E-state index is 11.5. The minimum absolute atomic E-state index is 0.193. The lowest BCUT2D eigenvalue weighted by molar-refractivity contribution is 0.0603. The topological polar surface area (TPSA) is 88.1 Å². The summed E-state index contributed by atoms with van der Waals surface area (Å²) in [6.07, 6.45) is 0.917. The Bertz CT molecular complexity index is 434. The van der Waals surface area contributed by atoms with E-state index in [4.69, 9.17) is 11.0 Å². The summed E-state index contributed by atoms with van der Waals surface area (Å²) >= 11 is 1.17. The summed E-state index contributed by atoms with van der Waals surface area (Å²) in [6, 6.07) is 1.96. The van der Waals surface area contributed by atoms with Gasteiger partial charge in [0.2, 0.25) is 0 Å². The summed E-state index contributed by atoms with van der Waals surface area (Å²) in [6.45, 7) is 2.72. The molecule has 5 nitrogen and oxygen atoms in total. The van der Waals surface area contributed by atoms with Crippen molar-refractivity contribution in [1.29, 1.82) is 5.26 Å². The number of hydrogen-bond acceptors (Lipinski definition) is 6. The molecule has 1 aromatic rings. The van der Waals surface area contributed by atoms with Crippen LogP contribution in [0.15, 0.2) is 0 Å². The number of nitrogens with two attached hydrogens (primary N) is 1. The van der Waals surface area contributed by atoms with Gasteiger partial charge in [0.1, 0.15) is 21.5 Å². The van der Waals surface area contributed by atoms with Crippen LogP contribution in [0, 0.1) is 11.3 Å². The Labute approximate surface area is 97.8 Å². The largest absolute Gasteiger partial charge is 0.465 e. The van der Waals surface area contributed by atoms with Gasteiger partial charge in [-0.3, -0.25) is 0 Å². The van der Waals surface area contributed by atoms with Gasteiger partial charge in [-0.2, -0.15) is 5.26 Å². The fourth-order valence-corrected chi connectivity index (χ4v) is 2.13. The fourth-order valence-electron chi connectivity index (χ4n) is 1.19. The molecule has 0 fully saturated rings. The van der Waals surface area contributed by atoms with Crippen molar-refractivity contribution in [2.45, 2.75) is 13.3 Å². The van der Waals surface area contributed by atoms with Crippen molar-refractivity contribution < 1.29 is 9.53 Å². The average molecular weight is 239 g/mol. The number of thiophene rings is 1. The Kier molecular flexibility index (Phi) is 4.14. The predicted molar refractivity (Wildman–Crippen MR) is 63.6 cm³/mol. The van der Waals surface area contributed by atoms with Crippen molar-refractivity contribution in [2.24, 2.45) is 0 Å². The summed E-state index contributed by atoms with van der Waals surface area (Å²) in [5, 5.41) is 12.5. The van der Waals surface area contributed by atoms with Crippen LogP contribution in [0.2, 0.25) is 0 Å². The van der Waals surface area contributed by atoms with Crippen molar-refractivity contribution >= 4 is 28.0 Å². The van der Waals surface area contributed by atoms with E-state index < -0.39 is 5.97 Å². The molecule has 0 amide bonds. The molecule has 0 spiro atoms. The molecule has 0 aliphatic heterocycles. The van der Waals surface area contributed by atoms with E-state index in [-0.39, 0.29) is 11.3 Å².